The molecule has 2 unspecified atom stereocenters. The van der Waals surface area contributed by atoms with Crippen LogP contribution in [0, 0.1) is 29.1 Å². The van der Waals surface area contributed by atoms with E-state index in [1.807, 2.05) is 52.0 Å². The highest BCUT2D eigenvalue weighted by Gasteiger charge is 2.40. The van der Waals surface area contributed by atoms with Gasteiger partial charge in [0.05, 0.1) is 16.6 Å². The van der Waals surface area contributed by atoms with Crippen molar-refractivity contribution >= 4 is 52.4 Å². The number of nitrogens with zero attached hydrogens (tertiary/aromatic N) is 3. The summed E-state index contributed by atoms with van der Waals surface area (Å²) < 4.78 is 5.72. The fourth-order valence-corrected chi connectivity index (χ4v) is 6.35. The van der Waals surface area contributed by atoms with Crippen molar-refractivity contribution in [3.8, 4) is 6.07 Å². The van der Waals surface area contributed by atoms with Crippen molar-refractivity contribution < 1.29 is 19.1 Å². The summed E-state index contributed by atoms with van der Waals surface area (Å²) in [5.74, 6) is -0.579. The maximum absolute atomic E-state index is 13.4. The molecule has 264 valence electrons. The number of anilines is 2. The lowest BCUT2D eigenvalue weighted by Crippen LogP contribution is -2.57. The number of aryl methyl sites for hydroxylation is 1. The van der Waals surface area contributed by atoms with Crippen LogP contribution in [0.1, 0.15) is 89.8 Å². The van der Waals surface area contributed by atoms with E-state index in [0.29, 0.717) is 60.1 Å². The number of nitrogens with one attached hydrogen (secondary N) is 2. The number of ether oxygens (including phenoxy) is 1. The van der Waals surface area contributed by atoms with E-state index in [-0.39, 0.29) is 18.4 Å². The van der Waals surface area contributed by atoms with Gasteiger partial charge in [-0.1, -0.05) is 44.5 Å². The minimum atomic E-state index is -0.749. The van der Waals surface area contributed by atoms with E-state index in [1.54, 1.807) is 30.9 Å². The monoisotopic (exact) mass is 690 g/mol. The number of hydrogen-bond donors (Lipinski definition) is 3. The second-order valence-electron chi connectivity index (χ2n) is 13.4. The Balaban J connectivity index is 1.64. The van der Waals surface area contributed by atoms with E-state index in [4.69, 9.17) is 27.5 Å². The third kappa shape index (κ3) is 10.2. The van der Waals surface area contributed by atoms with Crippen molar-refractivity contribution in [3.05, 3.63) is 63.8 Å². The van der Waals surface area contributed by atoms with Crippen LogP contribution in [-0.4, -0.2) is 67.1 Å². The molecule has 1 saturated heterocycles. The fraction of sp³-hybridized carbons (Fsp3) is 0.500. The van der Waals surface area contributed by atoms with Crippen molar-refractivity contribution in [2.45, 2.75) is 92.2 Å². The Morgan fingerprint density at radius 2 is 1.96 bits per heavy atom. The number of allylic oxidation sites excluding steroid dienone is 2. The SMILES string of the molecule is CCC(C)(C)C(NC(=O)COCCCCCN(c1ccc(C#N)c(Cl)c1)c1cc(/C(C(C)=N)=C(\C)N)ccc1C)C(=O)N1CCCC1C=O. The Morgan fingerprint density at radius 3 is 2.57 bits per heavy atom. The van der Waals surface area contributed by atoms with Crippen LogP contribution in [0.3, 0.4) is 0 Å². The third-order valence-corrected chi connectivity index (χ3v) is 9.64. The standard InChI is InChI=1S/C38H51ClN6O4/c1-7-38(5,6)36(37(48)45-18-11-12-31(45)23-46)43-34(47)24-49-19-10-8-9-17-44(30-16-15-29(22-40)32(39)21-30)33-20-28(14-13-25(33)2)35(26(3)41)27(4)42/h13-16,20-21,23,31,36,41H,7-12,17-19,24,42H2,1-6H3,(H,43,47)/b35-27+,41-26?. The van der Waals surface area contributed by atoms with E-state index < -0.39 is 17.5 Å². The Bertz CT molecular complexity index is 1590. The number of halogens is 1. The Hall–Kier alpha value is -4.20. The van der Waals surface area contributed by atoms with Gasteiger partial charge in [-0.15, -0.1) is 0 Å². The quantitative estimate of drug-likeness (QED) is 0.0950. The molecule has 0 aromatic heterocycles. The molecule has 0 spiro atoms. The lowest BCUT2D eigenvalue weighted by atomic mass is 9.81. The number of carbonyl (C=O) groups is 3. The van der Waals surface area contributed by atoms with Crippen molar-refractivity contribution in [1.82, 2.24) is 10.2 Å². The van der Waals surface area contributed by atoms with Gasteiger partial charge < -0.3 is 35.8 Å². The number of aldehydes is 1. The zero-order valence-corrected chi connectivity index (χ0v) is 30.5. The van der Waals surface area contributed by atoms with E-state index in [2.05, 4.69) is 16.3 Å². The van der Waals surface area contributed by atoms with Crippen molar-refractivity contribution in [3.63, 3.8) is 0 Å². The molecule has 11 heteroatoms. The third-order valence-electron chi connectivity index (χ3n) is 9.33. The Morgan fingerprint density at radius 1 is 1.22 bits per heavy atom. The average Bonchev–Trinajstić information content (AvgIpc) is 3.54. The Labute approximate surface area is 296 Å². The molecular formula is C38H51ClN6O4. The molecule has 4 N–H and O–H groups in total. The number of nitriles is 1. The van der Waals surface area contributed by atoms with Gasteiger partial charge in [-0.05, 0) is 100 Å². The predicted molar refractivity (Wildman–Crippen MR) is 196 cm³/mol. The van der Waals surface area contributed by atoms with Crippen LogP contribution in [0.2, 0.25) is 5.02 Å². The van der Waals surface area contributed by atoms with Crippen molar-refractivity contribution in [1.29, 1.82) is 10.7 Å². The summed E-state index contributed by atoms with van der Waals surface area (Å²) >= 11 is 6.45. The summed E-state index contributed by atoms with van der Waals surface area (Å²) in [6, 6.07) is 12.3. The molecule has 2 aromatic rings. The van der Waals surface area contributed by atoms with Crippen LogP contribution >= 0.6 is 11.6 Å². The first-order valence-corrected chi connectivity index (χ1v) is 17.4. The number of amides is 2. The first kappa shape index (κ1) is 39.2. The van der Waals surface area contributed by atoms with Gasteiger partial charge in [-0.2, -0.15) is 5.26 Å². The van der Waals surface area contributed by atoms with Crippen LogP contribution in [0.15, 0.2) is 42.1 Å². The maximum Gasteiger partial charge on any atom is 0.246 e. The number of carbonyl (C=O) groups excluding carboxylic acids is 3. The highest BCUT2D eigenvalue weighted by atomic mass is 35.5. The molecule has 2 atom stereocenters. The van der Waals surface area contributed by atoms with Gasteiger partial charge >= 0.3 is 0 Å². The molecular weight excluding hydrogens is 640 g/mol. The molecule has 1 aliphatic heterocycles. The number of hydrogen-bond acceptors (Lipinski definition) is 8. The largest absolute Gasteiger partial charge is 0.402 e. The number of unbranched alkanes of at least 4 members (excludes halogenated alkanes) is 2. The smallest absolute Gasteiger partial charge is 0.246 e. The minimum absolute atomic E-state index is 0.161. The zero-order valence-electron chi connectivity index (χ0n) is 29.7. The van der Waals surface area contributed by atoms with Gasteiger partial charge in [-0.25, -0.2) is 0 Å². The maximum atomic E-state index is 13.4. The molecule has 0 radical (unpaired) electrons. The van der Waals surface area contributed by atoms with Gasteiger partial charge in [0.1, 0.15) is 25.0 Å². The molecule has 3 rings (SSSR count). The van der Waals surface area contributed by atoms with Crippen LogP contribution < -0.4 is 16.0 Å². The van der Waals surface area contributed by atoms with Gasteiger partial charge in [0.15, 0.2) is 0 Å². The number of likely N-dealkylation sites (tertiary alicyclic amines) is 1. The molecule has 1 aliphatic rings. The highest BCUT2D eigenvalue weighted by molar-refractivity contribution is 6.32. The van der Waals surface area contributed by atoms with Gasteiger partial charge in [-0.3, -0.25) is 9.59 Å². The first-order chi connectivity index (χ1) is 23.2. The van der Waals surface area contributed by atoms with Gasteiger partial charge in [0.25, 0.3) is 0 Å². The molecule has 10 nitrogen and oxygen atoms in total. The highest BCUT2D eigenvalue weighted by Crippen LogP contribution is 2.34. The molecule has 1 fully saturated rings. The summed E-state index contributed by atoms with van der Waals surface area (Å²) in [5, 5.41) is 21.0. The summed E-state index contributed by atoms with van der Waals surface area (Å²) in [5.41, 5.74) is 11.4. The summed E-state index contributed by atoms with van der Waals surface area (Å²) in [4.78, 5) is 41.6. The summed E-state index contributed by atoms with van der Waals surface area (Å²) in [6.45, 7) is 12.8. The molecule has 2 aromatic carbocycles. The van der Waals surface area contributed by atoms with E-state index >= 15 is 0 Å². The normalized spacial score (nSPS) is 15.6. The molecule has 0 aliphatic carbocycles. The first-order valence-electron chi connectivity index (χ1n) is 17.0. The topological polar surface area (TPSA) is 153 Å². The van der Waals surface area contributed by atoms with E-state index in [1.165, 1.54) is 0 Å². The van der Waals surface area contributed by atoms with Gasteiger partial charge in [0, 0.05) is 48.1 Å². The predicted octanol–water partition coefficient (Wildman–Crippen LogP) is 6.69. The van der Waals surface area contributed by atoms with Gasteiger partial charge in [0.2, 0.25) is 11.8 Å². The second kappa shape index (κ2) is 18.0. The van der Waals surface area contributed by atoms with Crippen molar-refractivity contribution in [2.75, 3.05) is 31.2 Å². The Kier molecular flexibility index (Phi) is 14.4. The lowest BCUT2D eigenvalue weighted by Gasteiger charge is -2.36. The van der Waals surface area contributed by atoms with Crippen LogP contribution in [0.5, 0.6) is 0 Å². The number of nitrogens with two attached hydrogens (primary N) is 1. The molecule has 0 saturated carbocycles. The van der Waals surface area contributed by atoms with Crippen LogP contribution in [-0.2, 0) is 19.1 Å². The summed E-state index contributed by atoms with van der Waals surface area (Å²) in [6.07, 6.45) is 5.25. The molecule has 1 heterocycles. The number of benzene rings is 2. The zero-order chi connectivity index (χ0) is 36.3. The van der Waals surface area contributed by atoms with E-state index in [0.717, 1.165) is 54.5 Å². The molecule has 49 heavy (non-hydrogen) atoms. The van der Waals surface area contributed by atoms with Crippen LogP contribution in [0.25, 0.3) is 5.57 Å². The number of rotatable bonds is 17. The molecule has 2 amide bonds. The minimum Gasteiger partial charge on any atom is -0.402 e. The fourth-order valence-electron chi connectivity index (χ4n) is 6.13. The summed E-state index contributed by atoms with van der Waals surface area (Å²) in [7, 11) is 0. The second-order valence-corrected chi connectivity index (χ2v) is 13.9. The van der Waals surface area contributed by atoms with Crippen molar-refractivity contribution in [2.24, 2.45) is 11.1 Å². The average molecular weight is 691 g/mol. The lowest BCUT2D eigenvalue weighted by molar-refractivity contribution is -0.142. The van der Waals surface area contributed by atoms with Crippen LogP contribution in [0.4, 0.5) is 11.4 Å². The molecule has 0 bridgehead atoms. The van der Waals surface area contributed by atoms with E-state index in [9.17, 15) is 19.6 Å².